The molecule has 0 rings (SSSR count). The van der Waals surface area contributed by atoms with Gasteiger partial charge >= 0.3 is 17.9 Å². The van der Waals surface area contributed by atoms with E-state index in [0.717, 1.165) is 116 Å². The van der Waals surface area contributed by atoms with Crippen LogP contribution in [0.1, 0.15) is 271 Å². The van der Waals surface area contributed by atoms with Crippen molar-refractivity contribution < 1.29 is 28.6 Å². The highest BCUT2D eigenvalue weighted by Crippen LogP contribution is 2.15. The summed E-state index contributed by atoms with van der Waals surface area (Å²) >= 11 is 0. The van der Waals surface area contributed by atoms with E-state index < -0.39 is 6.10 Å². The first-order valence-corrected chi connectivity index (χ1v) is 30.5. The van der Waals surface area contributed by atoms with Gasteiger partial charge in [-0.2, -0.15) is 0 Å². The van der Waals surface area contributed by atoms with Crippen molar-refractivity contribution >= 4 is 17.9 Å². The third-order valence-electron chi connectivity index (χ3n) is 12.7. The Kier molecular flexibility index (Phi) is 57.9. The number of unbranched alkanes of at least 4 members (excludes halogenated alkanes) is 23. The summed E-state index contributed by atoms with van der Waals surface area (Å²) in [6.07, 6.45) is 84.9. The molecule has 0 aromatic carbocycles. The van der Waals surface area contributed by atoms with Gasteiger partial charge in [-0.3, -0.25) is 14.4 Å². The Balaban J connectivity index is 4.42. The molecule has 0 saturated heterocycles. The Hall–Kier alpha value is -4.19. The van der Waals surface area contributed by atoms with E-state index >= 15 is 0 Å². The summed E-state index contributed by atoms with van der Waals surface area (Å²) in [7, 11) is 0. The average Bonchev–Trinajstić information content (AvgIpc) is 3.40. The van der Waals surface area contributed by atoms with Crippen LogP contribution in [0.25, 0.3) is 0 Å². The van der Waals surface area contributed by atoms with Crippen LogP contribution >= 0.6 is 0 Å². The van der Waals surface area contributed by atoms with Crippen LogP contribution in [0.5, 0.6) is 0 Å². The molecule has 0 aliphatic carbocycles. The number of hydrogen-bond donors (Lipinski definition) is 0. The molecule has 0 saturated carbocycles. The van der Waals surface area contributed by atoms with Crippen LogP contribution in [-0.2, 0) is 28.6 Å². The number of allylic oxidation sites excluding steroid dienone is 20. The van der Waals surface area contributed by atoms with E-state index in [0.29, 0.717) is 19.3 Å². The van der Waals surface area contributed by atoms with Crippen LogP contribution in [0.4, 0.5) is 0 Å². The van der Waals surface area contributed by atoms with E-state index in [2.05, 4.69) is 142 Å². The summed E-state index contributed by atoms with van der Waals surface area (Å²) < 4.78 is 16.8. The number of carbonyl (C=O) groups is 3. The molecule has 0 aliphatic heterocycles. The first-order valence-electron chi connectivity index (χ1n) is 30.5. The molecule has 6 nitrogen and oxygen atoms in total. The minimum atomic E-state index is -0.812. The Morgan fingerprint density at radius 2 is 0.541 bits per heavy atom. The molecule has 1 atom stereocenters. The first kappa shape index (κ1) is 69.8. The van der Waals surface area contributed by atoms with Crippen LogP contribution in [0.3, 0.4) is 0 Å². The molecular formula is C68H112O6. The van der Waals surface area contributed by atoms with Gasteiger partial charge in [0.05, 0.1) is 0 Å². The molecular weight excluding hydrogens is 913 g/mol. The van der Waals surface area contributed by atoms with Gasteiger partial charge in [-0.25, -0.2) is 0 Å². The van der Waals surface area contributed by atoms with Gasteiger partial charge in [-0.15, -0.1) is 0 Å². The fourth-order valence-electron chi connectivity index (χ4n) is 8.21. The Bertz CT molecular complexity index is 1550. The van der Waals surface area contributed by atoms with Crippen molar-refractivity contribution in [2.75, 3.05) is 13.2 Å². The number of ether oxygens (including phenoxy) is 3. The monoisotopic (exact) mass is 1020 g/mol. The summed E-state index contributed by atoms with van der Waals surface area (Å²) in [5, 5.41) is 0. The van der Waals surface area contributed by atoms with Gasteiger partial charge in [-0.05, 0) is 103 Å². The maximum atomic E-state index is 12.9. The molecule has 0 aromatic heterocycles. The van der Waals surface area contributed by atoms with Crippen LogP contribution in [-0.4, -0.2) is 37.2 Å². The SMILES string of the molecule is CC/C=C\C/C=C\C/C=C\C/C=C\C/C=C\CCCCCCCCCCCC(=O)OCC(COC(=O)CCCCCCCCCCCCCCCC)OC(=O)CCC/C=C\C/C=C\C/C=C\C/C=C\C/C=C\CC. The third-order valence-corrected chi connectivity index (χ3v) is 12.7. The van der Waals surface area contributed by atoms with Crippen LogP contribution in [0.2, 0.25) is 0 Å². The van der Waals surface area contributed by atoms with Gasteiger partial charge in [0.1, 0.15) is 13.2 Å². The van der Waals surface area contributed by atoms with E-state index in [4.69, 9.17) is 14.2 Å². The van der Waals surface area contributed by atoms with Crippen molar-refractivity contribution in [1.82, 2.24) is 0 Å². The molecule has 1 unspecified atom stereocenters. The lowest BCUT2D eigenvalue weighted by Gasteiger charge is -2.18. The molecule has 0 aromatic rings. The highest BCUT2D eigenvalue weighted by molar-refractivity contribution is 5.71. The Labute approximate surface area is 456 Å². The van der Waals surface area contributed by atoms with Crippen molar-refractivity contribution in [3.05, 3.63) is 122 Å². The minimum Gasteiger partial charge on any atom is -0.462 e. The zero-order valence-electron chi connectivity index (χ0n) is 48.1. The molecule has 6 heteroatoms. The molecule has 420 valence electrons. The van der Waals surface area contributed by atoms with Gasteiger partial charge in [0.15, 0.2) is 6.10 Å². The maximum absolute atomic E-state index is 12.9. The molecule has 0 N–H and O–H groups in total. The van der Waals surface area contributed by atoms with E-state index in [-0.39, 0.29) is 37.5 Å². The quantitative estimate of drug-likeness (QED) is 0.0261. The van der Waals surface area contributed by atoms with Crippen molar-refractivity contribution in [3.63, 3.8) is 0 Å². The smallest absolute Gasteiger partial charge is 0.306 e. The van der Waals surface area contributed by atoms with Gasteiger partial charge in [0.25, 0.3) is 0 Å². The van der Waals surface area contributed by atoms with Gasteiger partial charge in [0, 0.05) is 19.3 Å². The van der Waals surface area contributed by atoms with Crippen molar-refractivity contribution in [1.29, 1.82) is 0 Å². The van der Waals surface area contributed by atoms with Gasteiger partial charge in [0.2, 0.25) is 0 Å². The zero-order valence-corrected chi connectivity index (χ0v) is 48.1. The first-order chi connectivity index (χ1) is 36.5. The van der Waals surface area contributed by atoms with Crippen LogP contribution in [0.15, 0.2) is 122 Å². The topological polar surface area (TPSA) is 78.9 Å². The van der Waals surface area contributed by atoms with Crippen molar-refractivity contribution in [2.45, 2.75) is 277 Å². The van der Waals surface area contributed by atoms with Crippen LogP contribution in [0, 0.1) is 0 Å². The lowest BCUT2D eigenvalue weighted by Crippen LogP contribution is -2.30. The predicted molar refractivity (Wildman–Crippen MR) is 320 cm³/mol. The molecule has 0 aliphatic rings. The van der Waals surface area contributed by atoms with Crippen molar-refractivity contribution in [2.24, 2.45) is 0 Å². The fraction of sp³-hybridized carbons (Fsp3) is 0.662. The highest BCUT2D eigenvalue weighted by Gasteiger charge is 2.19. The number of esters is 3. The van der Waals surface area contributed by atoms with Crippen molar-refractivity contribution in [3.8, 4) is 0 Å². The molecule has 0 amide bonds. The lowest BCUT2D eigenvalue weighted by molar-refractivity contribution is -0.167. The van der Waals surface area contributed by atoms with E-state index in [9.17, 15) is 14.4 Å². The summed E-state index contributed by atoms with van der Waals surface area (Å²) in [5.41, 5.74) is 0. The second-order valence-corrected chi connectivity index (χ2v) is 19.9. The zero-order chi connectivity index (χ0) is 53.6. The Morgan fingerprint density at radius 3 is 0.865 bits per heavy atom. The molecule has 0 heterocycles. The number of carbonyl (C=O) groups excluding carboxylic acids is 3. The summed E-state index contributed by atoms with van der Waals surface area (Å²) in [6.45, 7) is 6.37. The molecule has 74 heavy (non-hydrogen) atoms. The minimum absolute atomic E-state index is 0.103. The van der Waals surface area contributed by atoms with E-state index in [1.54, 1.807) is 0 Å². The molecule has 0 spiro atoms. The second-order valence-electron chi connectivity index (χ2n) is 19.9. The van der Waals surface area contributed by atoms with E-state index in [1.165, 1.54) is 109 Å². The third kappa shape index (κ3) is 58.7. The lowest BCUT2D eigenvalue weighted by atomic mass is 10.0. The summed E-state index contributed by atoms with van der Waals surface area (Å²) in [6, 6.07) is 0. The standard InChI is InChI=1S/C68H112O6/c1-4-7-10-13-16-19-22-25-28-30-31-32-33-34-35-36-37-39-40-43-46-49-52-55-58-61-67(70)73-64-65(63-72-66(69)60-57-54-51-48-45-42-27-24-21-18-15-12-9-6-3)74-68(71)62-59-56-53-50-47-44-41-38-29-26-23-20-17-14-11-8-5-2/h7-8,10-11,16-17,19-20,25-26,28-29,31-32,34-35,41,44,50,53,65H,4-6,9,12-15,18,21-24,27,30,33,36-40,42-43,45-49,51-52,54-64H2,1-3H3/b10-7-,11-8-,19-16-,20-17-,28-25-,29-26-,32-31-,35-34-,44-41-,53-50-. The maximum Gasteiger partial charge on any atom is 0.306 e. The largest absolute Gasteiger partial charge is 0.462 e. The molecule has 0 radical (unpaired) electrons. The summed E-state index contributed by atoms with van der Waals surface area (Å²) in [4.78, 5) is 38.2. The summed E-state index contributed by atoms with van der Waals surface area (Å²) in [5.74, 6) is -0.964. The molecule has 0 fully saturated rings. The number of rotatable bonds is 54. The second kappa shape index (κ2) is 61.4. The molecule has 0 bridgehead atoms. The fourth-order valence-corrected chi connectivity index (χ4v) is 8.21. The predicted octanol–water partition coefficient (Wildman–Crippen LogP) is 20.8. The normalized spacial score (nSPS) is 13.0. The highest BCUT2D eigenvalue weighted by atomic mass is 16.6. The van der Waals surface area contributed by atoms with Gasteiger partial charge < -0.3 is 14.2 Å². The Morgan fingerprint density at radius 1 is 0.284 bits per heavy atom. The van der Waals surface area contributed by atoms with E-state index in [1.807, 2.05) is 0 Å². The average molecular weight is 1030 g/mol. The van der Waals surface area contributed by atoms with Gasteiger partial charge in [-0.1, -0.05) is 271 Å². The number of hydrogen-bond acceptors (Lipinski definition) is 6. The van der Waals surface area contributed by atoms with Crippen LogP contribution < -0.4 is 0 Å².